The Labute approximate surface area is 145 Å². The van der Waals surface area contributed by atoms with Crippen LogP contribution in [0.5, 0.6) is 0 Å². The van der Waals surface area contributed by atoms with Crippen molar-refractivity contribution >= 4 is 23.2 Å². The van der Waals surface area contributed by atoms with Crippen LogP contribution in [-0.4, -0.2) is 28.0 Å². The van der Waals surface area contributed by atoms with Crippen LogP contribution in [-0.2, 0) is 16.0 Å². The van der Waals surface area contributed by atoms with Gasteiger partial charge in [0, 0.05) is 10.9 Å². The fourth-order valence-electron chi connectivity index (χ4n) is 2.63. The first-order chi connectivity index (χ1) is 11.5. The molecule has 0 fully saturated rings. The molecule has 0 aliphatic heterocycles. The summed E-state index contributed by atoms with van der Waals surface area (Å²) in [6, 6.07) is 8.91. The molecule has 1 amide bonds. The highest BCUT2D eigenvalue weighted by Gasteiger charge is 2.27. The summed E-state index contributed by atoms with van der Waals surface area (Å²) in [5.41, 5.74) is 1.67. The number of carbonyl (C=O) groups excluding carboxylic acids is 1. The molecule has 1 atom stereocenters. The lowest BCUT2D eigenvalue weighted by Gasteiger charge is -2.22. The molecule has 1 aromatic carbocycles. The molecule has 0 aliphatic rings. The molecule has 1 heterocycles. The number of carboxylic acids is 1. The Morgan fingerprint density at radius 1 is 1.21 bits per heavy atom. The van der Waals surface area contributed by atoms with E-state index in [2.05, 4.69) is 10.3 Å². The Bertz CT molecular complexity index is 681. The van der Waals surface area contributed by atoms with Gasteiger partial charge >= 0.3 is 5.97 Å². The van der Waals surface area contributed by atoms with Crippen molar-refractivity contribution < 1.29 is 14.7 Å². The molecule has 0 aliphatic carbocycles. The van der Waals surface area contributed by atoms with Crippen LogP contribution in [0.4, 0.5) is 0 Å². The number of nitrogens with zero attached hydrogens (tertiary/aromatic N) is 1. The van der Waals surface area contributed by atoms with Gasteiger partial charge in [-0.3, -0.25) is 4.79 Å². The topological polar surface area (TPSA) is 79.3 Å². The number of aliphatic carboxylic acids is 1. The van der Waals surface area contributed by atoms with Gasteiger partial charge in [0.2, 0.25) is 5.91 Å². The van der Waals surface area contributed by atoms with E-state index in [0.717, 1.165) is 10.6 Å². The fraction of sp³-hybridized carbons (Fsp3) is 0.389. The molecule has 6 heteroatoms. The lowest BCUT2D eigenvalue weighted by molar-refractivity contribution is -0.143. The third kappa shape index (κ3) is 4.64. The predicted octanol–water partition coefficient (Wildman–Crippen LogP) is 3.36. The average Bonchev–Trinajstić information content (AvgIpc) is 3.04. The first-order valence-corrected chi connectivity index (χ1v) is 8.95. The number of carboxylic acid groups (broad SMARTS) is 1. The molecule has 2 rings (SSSR count). The van der Waals surface area contributed by atoms with Crippen LogP contribution in [0.1, 0.15) is 32.4 Å². The van der Waals surface area contributed by atoms with Crippen molar-refractivity contribution in [2.24, 2.45) is 5.92 Å². The lowest BCUT2D eigenvalue weighted by atomic mass is 9.94. The normalized spacial score (nSPS) is 12.1. The van der Waals surface area contributed by atoms with E-state index in [4.69, 9.17) is 0 Å². The maximum absolute atomic E-state index is 12.2. The van der Waals surface area contributed by atoms with E-state index in [0.29, 0.717) is 18.5 Å². The molecule has 1 unspecified atom stereocenters. The minimum atomic E-state index is -0.986. The molecule has 5 nitrogen and oxygen atoms in total. The summed E-state index contributed by atoms with van der Waals surface area (Å²) in [4.78, 5) is 28.1. The highest BCUT2D eigenvalue weighted by molar-refractivity contribution is 7.13. The van der Waals surface area contributed by atoms with Crippen LogP contribution >= 0.6 is 11.3 Å². The van der Waals surface area contributed by atoms with Crippen LogP contribution in [0, 0.1) is 5.92 Å². The summed E-state index contributed by atoms with van der Waals surface area (Å²) in [6.07, 6.45) is 1.51. The number of thiazole rings is 1. The van der Waals surface area contributed by atoms with Crippen molar-refractivity contribution in [2.75, 3.05) is 0 Å². The van der Waals surface area contributed by atoms with Crippen LogP contribution in [0.25, 0.3) is 10.6 Å². The molecule has 1 aromatic heterocycles. The van der Waals surface area contributed by atoms with E-state index in [1.54, 1.807) is 0 Å². The number of rotatable bonds is 8. The smallest absolute Gasteiger partial charge is 0.326 e. The zero-order chi connectivity index (χ0) is 17.5. The number of carbonyl (C=O) groups is 2. The van der Waals surface area contributed by atoms with Gasteiger partial charge in [-0.05, 0) is 5.92 Å². The largest absolute Gasteiger partial charge is 0.480 e. The third-order valence-corrected chi connectivity index (χ3v) is 4.96. The zero-order valence-corrected chi connectivity index (χ0v) is 14.7. The monoisotopic (exact) mass is 346 g/mol. The number of benzene rings is 1. The first-order valence-electron chi connectivity index (χ1n) is 8.07. The summed E-state index contributed by atoms with van der Waals surface area (Å²) < 4.78 is 0. The summed E-state index contributed by atoms with van der Waals surface area (Å²) in [7, 11) is 0. The van der Waals surface area contributed by atoms with Crippen LogP contribution in [0.15, 0.2) is 35.7 Å². The van der Waals surface area contributed by atoms with Gasteiger partial charge in [-0.15, -0.1) is 11.3 Å². The first kappa shape index (κ1) is 18.1. The van der Waals surface area contributed by atoms with Gasteiger partial charge in [0.15, 0.2) is 0 Å². The van der Waals surface area contributed by atoms with Crippen LogP contribution in [0.2, 0.25) is 0 Å². The molecule has 2 N–H and O–H groups in total. The van der Waals surface area contributed by atoms with Gasteiger partial charge in [0.05, 0.1) is 12.1 Å². The van der Waals surface area contributed by atoms with Gasteiger partial charge in [0.25, 0.3) is 0 Å². The fourth-order valence-corrected chi connectivity index (χ4v) is 3.46. The molecule has 0 saturated heterocycles. The highest BCUT2D eigenvalue weighted by Crippen LogP contribution is 2.23. The maximum Gasteiger partial charge on any atom is 0.326 e. The van der Waals surface area contributed by atoms with Gasteiger partial charge < -0.3 is 10.4 Å². The molecular weight excluding hydrogens is 324 g/mol. The molecule has 0 spiro atoms. The van der Waals surface area contributed by atoms with E-state index in [9.17, 15) is 14.7 Å². The van der Waals surface area contributed by atoms with Gasteiger partial charge in [0.1, 0.15) is 11.0 Å². The lowest BCUT2D eigenvalue weighted by Crippen LogP contribution is -2.46. The van der Waals surface area contributed by atoms with Crippen molar-refractivity contribution in [3.8, 4) is 10.6 Å². The van der Waals surface area contributed by atoms with Crippen LogP contribution in [0.3, 0.4) is 0 Å². The summed E-state index contributed by atoms with van der Waals surface area (Å²) in [5, 5.41) is 14.7. The summed E-state index contributed by atoms with van der Waals surface area (Å²) in [6.45, 7) is 3.87. The minimum Gasteiger partial charge on any atom is -0.480 e. The quantitative estimate of drug-likeness (QED) is 0.768. The van der Waals surface area contributed by atoms with E-state index >= 15 is 0 Å². The number of hydrogen-bond donors (Lipinski definition) is 2. The summed E-state index contributed by atoms with van der Waals surface area (Å²) in [5.74, 6) is -1.36. The van der Waals surface area contributed by atoms with E-state index in [-0.39, 0.29) is 18.2 Å². The number of nitrogens with one attached hydrogen (secondary N) is 1. The van der Waals surface area contributed by atoms with E-state index in [1.165, 1.54) is 11.3 Å². The van der Waals surface area contributed by atoms with Crippen molar-refractivity contribution in [1.29, 1.82) is 0 Å². The maximum atomic E-state index is 12.2. The van der Waals surface area contributed by atoms with Crippen molar-refractivity contribution in [2.45, 2.75) is 39.2 Å². The molecule has 0 radical (unpaired) electrons. The van der Waals surface area contributed by atoms with Crippen molar-refractivity contribution in [3.05, 3.63) is 41.4 Å². The SMILES string of the molecule is CCC(CC)C(NC(=O)Cc1csc(-c2ccccc2)n1)C(=O)O. The van der Waals surface area contributed by atoms with Crippen molar-refractivity contribution in [3.63, 3.8) is 0 Å². The standard InChI is InChI=1S/C18H22N2O3S/c1-3-12(4-2)16(18(22)23)20-15(21)10-14-11-24-17(19-14)13-8-6-5-7-9-13/h5-9,11-12,16H,3-4,10H2,1-2H3,(H,20,21)(H,22,23). The third-order valence-electron chi connectivity index (χ3n) is 4.02. The second-order valence-electron chi connectivity index (χ2n) is 5.65. The second-order valence-corrected chi connectivity index (χ2v) is 6.50. The minimum absolute atomic E-state index is 0.0678. The number of amides is 1. The average molecular weight is 346 g/mol. The Morgan fingerprint density at radius 2 is 1.88 bits per heavy atom. The van der Waals surface area contributed by atoms with E-state index < -0.39 is 12.0 Å². The Morgan fingerprint density at radius 3 is 2.46 bits per heavy atom. The van der Waals surface area contributed by atoms with Gasteiger partial charge in [-0.2, -0.15) is 0 Å². The molecule has 128 valence electrons. The Kier molecular flexibility index (Phi) is 6.49. The van der Waals surface area contributed by atoms with E-state index in [1.807, 2.05) is 49.6 Å². The second kappa shape index (κ2) is 8.59. The van der Waals surface area contributed by atoms with Crippen molar-refractivity contribution in [1.82, 2.24) is 10.3 Å². The number of hydrogen-bond acceptors (Lipinski definition) is 4. The predicted molar refractivity (Wildman–Crippen MR) is 94.9 cm³/mol. The molecule has 0 bridgehead atoms. The number of aromatic nitrogens is 1. The Balaban J connectivity index is 2.02. The van der Waals surface area contributed by atoms with Gasteiger partial charge in [-0.25, -0.2) is 9.78 Å². The van der Waals surface area contributed by atoms with Crippen LogP contribution < -0.4 is 5.32 Å². The zero-order valence-electron chi connectivity index (χ0n) is 13.9. The molecule has 24 heavy (non-hydrogen) atoms. The molecule has 2 aromatic rings. The highest BCUT2D eigenvalue weighted by atomic mass is 32.1. The summed E-state index contributed by atoms with van der Waals surface area (Å²) >= 11 is 1.48. The molecule has 0 saturated carbocycles. The Hall–Kier alpha value is -2.21. The van der Waals surface area contributed by atoms with Gasteiger partial charge in [-0.1, -0.05) is 57.0 Å². The molecular formula is C18H22N2O3S.